The molecule has 2 amide bonds. The molecule has 6 nitrogen and oxygen atoms in total. The standard InChI is InChI=1S/C16H13F3N4O2/c17-16(18,19)12-2-3-14(23-6-1-5-21-23)13(8-12)22-15(24)20-9-11-4-7-25-10-11/h1-8,10H,9H2,(H2,20,22,24). The Bertz CT molecular complexity index is 843. The molecule has 0 aliphatic heterocycles. The number of anilines is 1. The Morgan fingerprint density at radius 3 is 2.76 bits per heavy atom. The lowest BCUT2D eigenvalue weighted by molar-refractivity contribution is -0.137. The van der Waals surface area contributed by atoms with Gasteiger partial charge in [0.05, 0.1) is 29.5 Å². The molecule has 0 bridgehead atoms. The van der Waals surface area contributed by atoms with Crippen LogP contribution in [0.2, 0.25) is 0 Å². The van der Waals surface area contributed by atoms with Crippen LogP contribution < -0.4 is 10.6 Å². The molecule has 130 valence electrons. The summed E-state index contributed by atoms with van der Waals surface area (Å²) < 4.78 is 45.1. The zero-order chi connectivity index (χ0) is 17.9. The fraction of sp³-hybridized carbons (Fsp3) is 0.125. The van der Waals surface area contributed by atoms with Crippen LogP contribution in [0.3, 0.4) is 0 Å². The normalized spacial score (nSPS) is 11.3. The molecule has 0 saturated heterocycles. The third kappa shape index (κ3) is 4.00. The molecule has 2 N–H and O–H groups in total. The third-order valence-corrected chi connectivity index (χ3v) is 3.36. The molecular formula is C16H13F3N4O2. The van der Waals surface area contributed by atoms with Crippen LogP contribution in [0.4, 0.5) is 23.7 Å². The number of hydrogen-bond acceptors (Lipinski definition) is 3. The van der Waals surface area contributed by atoms with Crippen LogP contribution in [-0.2, 0) is 12.7 Å². The van der Waals surface area contributed by atoms with Crippen molar-refractivity contribution in [2.24, 2.45) is 0 Å². The molecule has 0 atom stereocenters. The second kappa shape index (κ2) is 6.71. The molecule has 25 heavy (non-hydrogen) atoms. The van der Waals surface area contributed by atoms with E-state index in [1.54, 1.807) is 18.3 Å². The molecular weight excluding hydrogens is 337 g/mol. The van der Waals surface area contributed by atoms with Gasteiger partial charge in [0.2, 0.25) is 0 Å². The minimum atomic E-state index is -4.52. The summed E-state index contributed by atoms with van der Waals surface area (Å²) in [7, 11) is 0. The van der Waals surface area contributed by atoms with Gasteiger partial charge in [-0.3, -0.25) is 0 Å². The van der Waals surface area contributed by atoms with Gasteiger partial charge in [-0.15, -0.1) is 0 Å². The first kappa shape index (κ1) is 16.6. The number of urea groups is 1. The van der Waals surface area contributed by atoms with Crippen molar-refractivity contribution in [3.8, 4) is 5.69 Å². The van der Waals surface area contributed by atoms with Gasteiger partial charge in [0.15, 0.2) is 0 Å². The molecule has 1 aromatic carbocycles. The fourth-order valence-electron chi connectivity index (χ4n) is 2.17. The molecule has 0 aliphatic rings. The topological polar surface area (TPSA) is 72.1 Å². The van der Waals surface area contributed by atoms with E-state index in [2.05, 4.69) is 15.7 Å². The predicted molar refractivity (Wildman–Crippen MR) is 83.1 cm³/mol. The SMILES string of the molecule is O=C(NCc1ccoc1)Nc1cc(C(F)(F)F)ccc1-n1cccn1. The molecule has 3 rings (SSSR count). The molecule has 0 radical (unpaired) electrons. The maximum Gasteiger partial charge on any atom is 0.416 e. The highest BCUT2D eigenvalue weighted by Gasteiger charge is 2.31. The van der Waals surface area contributed by atoms with Crippen LogP contribution in [0.15, 0.2) is 59.7 Å². The minimum Gasteiger partial charge on any atom is -0.472 e. The van der Waals surface area contributed by atoms with Crippen molar-refractivity contribution in [1.82, 2.24) is 15.1 Å². The van der Waals surface area contributed by atoms with E-state index in [0.717, 1.165) is 17.7 Å². The molecule has 2 aromatic heterocycles. The van der Waals surface area contributed by atoms with Crippen LogP contribution in [0.1, 0.15) is 11.1 Å². The first-order chi connectivity index (χ1) is 11.9. The molecule has 0 fully saturated rings. The lowest BCUT2D eigenvalue weighted by Gasteiger charge is -2.15. The summed E-state index contributed by atoms with van der Waals surface area (Å²) in [6, 6.07) is 5.70. The van der Waals surface area contributed by atoms with E-state index in [1.807, 2.05) is 0 Å². The number of carbonyl (C=O) groups is 1. The van der Waals surface area contributed by atoms with E-state index in [9.17, 15) is 18.0 Å². The Morgan fingerprint density at radius 2 is 2.12 bits per heavy atom. The number of amides is 2. The average Bonchev–Trinajstić information content (AvgIpc) is 3.26. The van der Waals surface area contributed by atoms with Gasteiger partial charge in [-0.05, 0) is 30.3 Å². The lowest BCUT2D eigenvalue weighted by atomic mass is 10.1. The summed E-state index contributed by atoms with van der Waals surface area (Å²) in [5, 5.41) is 8.96. The summed E-state index contributed by atoms with van der Waals surface area (Å²) in [6.45, 7) is 0.179. The van der Waals surface area contributed by atoms with Crippen molar-refractivity contribution in [3.63, 3.8) is 0 Å². The van der Waals surface area contributed by atoms with Crippen LogP contribution in [0, 0.1) is 0 Å². The van der Waals surface area contributed by atoms with E-state index in [1.165, 1.54) is 29.5 Å². The van der Waals surface area contributed by atoms with Gasteiger partial charge >= 0.3 is 12.2 Å². The van der Waals surface area contributed by atoms with Gasteiger partial charge in [-0.2, -0.15) is 18.3 Å². The molecule has 0 saturated carbocycles. The van der Waals surface area contributed by atoms with E-state index < -0.39 is 17.8 Å². The first-order valence-corrected chi connectivity index (χ1v) is 7.20. The van der Waals surface area contributed by atoms with Crippen molar-refractivity contribution in [1.29, 1.82) is 0 Å². The summed E-state index contributed by atoms with van der Waals surface area (Å²) >= 11 is 0. The highest BCUT2D eigenvalue weighted by molar-refractivity contribution is 5.91. The summed E-state index contributed by atoms with van der Waals surface area (Å²) in [5.41, 5.74) is 0.166. The number of furan rings is 1. The summed E-state index contributed by atoms with van der Waals surface area (Å²) in [4.78, 5) is 12.0. The maximum atomic E-state index is 13.0. The number of aromatic nitrogens is 2. The van der Waals surface area contributed by atoms with Crippen molar-refractivity contribution in [2.75, 3.05) is 5.32 Å². The number of nitrogens with zero attached hydrogens (tertiary/aromatic N) is 2. The van der Waals surface area contributed by atoms with Crippen molar-refractivity contribution in [2.45, 2.75) is 12.7 Å². The van der Waals surface area contributed by atoms with E-state index in [-0.39, 0.29) is 12.2 Å². The predicted octanol–water partition coefficient (Wildman–Crippen LogP) is 3.81. The van der Waals surface area contributed by atoms with Crippen LogP contribution in [0.25, 0.3) is 5.69 Å². The summed E-state index contributed by atoms with van der Waals surface area (Å²) in [5.74, 6) is 0. The second-order valence-electron chi connectivity index (χ2n) is 5.12. The number of alkyl halides is 3. The van der Waals surface area contributed by atoms with Crippen LogP contribution >= 0.6 is 0 Å². The monoisotopic (exact) mass is 350 g/mol. The first-order valence-electron chi connectivity index (χ1n) is 7.20. The quantitative estimate of drug-likeness (QED) is 0.752. The minimum absolute atomic E-state index is 0.0109. The number of benzene rings is 1. The molecule has 2 heterocycles. The van der Waals surface area contributed by atoms with Gasteiger partial charge < -0.3 is 15.1 Å². The Labute approximate surface area is 140 Å². The van der Waals surface area contributed by atoms with Crippen LogP contribution in [-0.4, -0.2) is 15.8 Å². The van der Waals surface area contributed by atoms with Gasteiger partial charge in [-0.25, -0.2) is 9.48 Å². The third-order valence-electron chi connectivity index (χ3n) is 3.36. The van der Waals surface area contributed by atoms with Crippen molar-refractivity contribution in [3.05, 3.63) is 66.4 Å². The number of hydrogen-bond donors (Lipinski definition) is 2. The second-order valence-corrected chi connectivity index (χ2v) is 5.12. The Morgan fingerprint density at radius 1 is 1.28 bits per heavy atom. The largest absolute Gasteiger partial charge is 0.472 e. The number of rotatable bonds is 4. The van der Waals surface area contributed by atoms with Gasteiger partial charge in [0.25, 0.3) is 0 Å². The molecule has 0 unspecified atom stereocenters. The zero-order valence-electron chi connectivity index (χ0n) is 12.7. The van der Waals surface area contributed by atoms with E-state index in [4.69, 9.17) is 4.42 Å². The lowest BCUT2D eigenvalue weighted by Crippen LogP contribution is -2.28. The smallest absolute Gasteiger partial charge is 0.416 e. The molecule has 3 aromatic rings. The van der Waals surface area contributed by atoms with Crippen molar-refractivity contribution < 1.29 is 22.4 Å². The highest BCUT2D eigenvalue weighted by Crippen LogP contribution is 2.33. The molecule has 0 aliphatic carbocycles. The Balaban J connectivity index is 1.83. The van der Waals surface area contributed by atoms with Gasteiger partial charge in [-0.1, -0.05) is 0 Å². The molecule has 0 spiro atoms. The van der Waals surface area contributed by atoms with Crippen LogP contribution in [0.5, 0.6) is 0 Å². The van der Waals surface area contributed by atoms with E-state index in [0.29, 0.717) is 5.69 Å². The Hall–Kier alpha value is -3.23. The zero-order valence-corrected chi connectivity index (χ0v) is 12.7. The van der Waals surface area contributed by atoms with Gasteiger partial charge in [0, 0.05) is 24.5 Å². The fourth-order valence-corrected chi connectivity index (χ4v) is 2.17. The molecule has 9 heteroatoms. The average molecular weight is 350 g/mol. The Kier molecular flexibility index (Phi) is 4.46. The van der Waals surface area contributed by atoms with E-state index >= 15 is 0 Å². The van der Waals surface area contributed by atoms with Gasteiger partial charge in [0.1, 0.15) is 0 Å². The number of carbonyl (C=O) groups excluding carboxylic acids is 1. The van der Waals surface area contributed by atoms with Crippen molar-refractivity contribution >= 4 is 11.7 Å². The number of nitrogens with one attached hydrogen (secondary N) is 2. The maximum absolute atomic E-state index is 13.0. The number of halogens is 3. The highest BCUT2D eigenvalue weighted by atomic mass is 19.4. The summed E-state index contributed by atoms with van der Waals surface area (Å²) in [6.07, 6.45) is 1.45.